The molecule has 1 atom stereocenters. The molecule has 0 saturated carbocycles. The van der Waals surface area contributed by atoms with Crippen molar-refractivity contribution in [3.63, 3.8) is 0 Å². The van der Waals surface area contributed by atoms with Gasteiger partial charge < -0.3 is 19.3 Å². The van der Waals surface area contributed by atoms with Crippen LogP contribution in [0.5, 0.6) is 0 Å². The van der Waals surface area contributed by atoms with Crippen molar-refractivity contribution < 1.29 is 19.3 Å². The molecule has 1 aliphatic heterocycles. The molecule has 0 aromatic carbocycles. The van der Waals surface area contributed by atoms with Crippen LogP contribution in [-0.2, 0) is 14.2 Å². The third-order valence-corrected chi connectivity index (χ3v) is 1.65. The smallest absolute Gasteiger partial charge is 0.429 e. The Hall–Kier alpha value is -1.32. The van der Waals surface area contributed by atoms with E-state index in [-0.39, 0.29) is 12.7 Å². The summed E-state index contributed by atoms with van der Waals surface area (Å²) in [5, 5.41) is 17.0. The Morgan fingerprint density at radius 1 is 1.79 bits per heavy atom. The van der Waals surface area contributed by atoms with Crippen LogP contribution in [0.4, 0.5) is 0 Å². The van der Waals surface area contributed by atoms with Gasteiger partial charge in [0, 0.05) is 0 Å². The second-order valence-electron chi connectivity index (χ2n) is 3.34. The first-order valence-electron chi connectivity index (χ1n) is 4.21. The SMILES string of the molecule is CC1(C)OCC(CO/C(O)=C/[N+]#N)O1. The molecule has 0 aliphatic carbocycles. The number of hydrogen-bond donors (Lipinski definition) is 1. The summed E-state index contributed by atoms with van der Waals surface area (Å²) in [5.41, 5.74) is 0. The molecule has 1 rings (SSSR count). The highest BCUT2D eigenvalue weighted by molar-refractivity contribution is 4.88. The summed E-state index contributed by atoms with van der Waals surface area (Å²) in [5.74, 6) is -1.06. The molecule has 14 heavy (non-hydrogen) atoms. The molecule has 0 amide bonds. The molecule has 1 saturated heterocycles. The lowest BCUT2D eigenvalue weighted by atomic mass is 10.4. The molecule has 6 heteroatoms. The Morgan fingerprint density at radius 2 is 2.50 bits per heavy atom. The largest absolute Gasteiger partial charge is 0.476 e. The van der Waals surface area contributed by atoms with Crippen LogP contribution in [0.2, 0.25) is 0 Å². The zero-order valence-corrected chi connectivity index (χ0v) is 8.14. The molecular weight excluding hydrogens is 188 g/mol. The molecule has 1 N–H and O–H groups in total. The Morgan fingerprint density at radius 3 is 3.00 bits per heavy atom. The van der Waals surface area contributed by atoms with E-state index in [9.17, 15) is 0 Å². The molecule has 1 fully saturated rings. The summed E-state index contributed by atoms with van der Waals surface area (Å²) in [6.07, 6.45) is 0.570. The van der Waals surface area contributed by atoms with E-state index in [1.54, 1.807) is 13.8 Å². The van der Waals surface area contributed by atoms with E-state index in [4.69, 9.17) is 24.7 Å². The summed E-state index contributed by atoms with van der Waals surface area (Å²) in [6.45, 7) is 4.16. The Kier molecular flexibility index (Phi) is 3.28. The van der Waals surface area contributed by atoms with Crippen molar-refractivity contribution in [1.29, 1.82) is 5.39 Å². The Balaban J connectivity index is 2.28. The maximum absolute atomic E-state index is 8.93. The highest BCUT2D eigenvalue weighted by Gasteiger charge is 2.33. The third-order valence-electron chi connectivity index (χ3n) is 1.65. The topological polar surface area (TPSA) is 76.1 Å². The lowest BCUT2D eigenvalue weighted by Crippen LogP contribution is -2.23. The van der Waals surface area contributed by atoms with Gasteiger partial charge in [-0.2, -0.15) is 0 Å². The lowest BCUT2D eigenvalue weighted by molar-refractivity contribution is -0.145. The number of hydrogen-bond acceptors (Lipinski definition) is 5. The minimum absolute atomic E-state index is 0.154. The van der Waals surface area contributed by atoms with Crippen molar-refractivity contribution in [1.82, 2.24) is 0 Å². The average Bonchev–Trinajstić information content (AvgIpc) is 2.43. The summed E-state index contributed by atoms with van der Waals surface area (Å²) in [4.78, 5) is 2.60. The van der Waals surface area contributed by atoms with Crippen molar-refractivity contribution in [3.05, 3.63) is 17.1 Å². The minimum Gasteiger partial charge on any atom is -0.476 e. The maximum atomic E-state index is 8.93. The first kappa shape index (κ1) is 10.8. The van der Waals surface area contributed by atoms with E-state index >= 15 is 0 Å². The molecule has 0 aromatic heterocycles. The van der Waals surface area contributed by atoms with Crippen molar-refractivity contribution in [2.75, 3.05) is 13.2 Å². The first-order valence-corrected chi connectivity index (χ1v) is 4.21. The molecular formula is C8H13N2O4+. The predicted molar refractivity (Wildman–Crippen MR) is 46.7 cm³/mol. The molecule has 1 heterocycles. The van der Waals surface area contributed by atoms with E-state index in [0.717, 1.165) is 6.20 Å². The van der Waals surface area contributed by atoms with Crippen LogP contribution >= 0.6 is 0 Å². The molecule has 0 bridgehead atoms. The zero-order valence-electron chi connectivity index (χ0n) is 8.14. The van der Waals surface area contributed by atoms with E-state index < -0.39 is 11.7 Å². The number of aliphatic hydroxyl groups excluding tert-OH is 1. The fourth-order valence-corrected chi connectivity index (χ4v) is 1.11. The summed E-state index contributed by atoms with van der Waals surface area (Å²) >= 11 is 0. The summed E-state index contributed by atoms with van der Waals surface area (Å²) in [7, 11) is 0. The third kappa shape index (κ3) is 3.20. The van der Waals surface area contributed by atoms with Crippen LogP contribution in [0.3, 0.4) is 0 Å². The van der Waals surface area contributed by atoms with Crippen LogP contribution < -0.4 is 0 Å². The summed E-state index contributed by atoms with van der Waals surface area (Å²) in [6, 6.07) is 0. The number of nitrogens with zero attached hydrogens (tertiary/aromatic N) is 2. The van der Waals surface area contributed by atoms with Gasteiger partial charge in [-0.25, -0.2) is 0 Å². The van der Waals surface area contributed by atoms with Crippen LogP contribution in [0.25, 0.3) is 4.98 Å². The first-order chi connectivity index (χ1) is 6.53. The van der Waals surface area contributed by atoms with Gasteiger partial charge in [0.1, 0.15) is 12.7 Å². The fraction of sp³-hybridized carbons (Fsp3) is 0.750. The minimum atomic E-state index is -0.602. The van der Waals surface area contributed by atoms with Crippen molar-refractivity contribution in [2.45, 2.75) is 25.7 Å². The van der Waals surface area contributed by atoms with E-state index in [1.165, 1.54) is 0 Å². The Bertz CT molecular complexity index is 269. The highest BCUT2D eigenvalue weighted by Crippen LogP contribution is 2.22. The quantitative estimate of drug-likeness (QED) is 0.551. The molecule has 1 aliphatic rings. The normalized spacial score (nSPS) is 25.8. The van der Waals surface area contributed by atoms with Crippen LogP contribution in [0, 0.1) is 5.39 Å². The molecule has 1 unspecified atom stereocenters. The summed E-state index contributed by atoms with van der Waals surface area (Å²) < 4.78 is 15.5. The molecule has 0 radical (unpaired) electrons. The van der Waals surface area contributed by atoms with Crippen LogP contribution in [0.1, 0.15) is 13.8 Å². The van der Waals surface area contributed by atoms with Gasteiger partial charge in [-0.1, -0.05) is 0 Å². The number of diazo groups is 1. The van der Waals surface area contributed by atoms with Gasteiger partial charge in [0.05, 0.1) is 6.61 Å². The zero-order chi connectivity index (χ0) is 10.6. The second-order valence-corrected chi connectivity index (χ2v) is 3.34. The average molecular weight is 201 g/mol. The van der Waals surface area contributed by atoms with E-state index in [1.807, 2.05) is 0 Å². The monoisotopic (exact) mass is 201 g/mol. The Labute approximate surface area is 81.7 Å². The highest BCUT2D eigenvalue weighted by atomic mass is 16.8. The second kappa shape index (κ2) is 4.26. The fourth-order valence-electron chi connectivity index (χ4n) is 1.11. The van der Waals surface area contributed by atoms with Gasteiger partial charge in [0.25, 0.3) is 0 Å². The molecule has 0 aromatic rings. The molecule has 6 nitrogen and oxygen atoms in total. The van der Waals surface area contributed by atoms with Crippen molar-refractivity contribution >= 4 is 0 Å². The maximum Gasteiger partial charge on any atom is 0.429 e. The lowest BCUT2D eigenvalue weighted by Gasteiger charge is -2.16. The van der Waals surface area contributed by atoms with Gasteiger partial charge in [0.2, 0.25) is 5.39 Å². The molecule has 0 spiro atoms. The number of aliphatic hydroxyl groups is 1. The van der Waals surface area contributed by atoms with Gasteiger partial charge in [0.15, 0.2) is 10.8 Å². The van der Waals surface area contributed by atoms with Crippen molar-refractivity contribution in [2.24, 2.45) is 0 Å². The van der Waals surface area contributed by atoms with E-state index in [2.05, 4.69) is 4.98 Å². The number of rotatable bonds is 3. The van der Waals surface area contributed by atoms with Gasteiger partial charge in [-0.05, 0) is 13.8 Å². The van der Waals surface area contributed by atoms with E-state index in [0.29, 0.717) is 6.61 Å². The molecule has 78 valence electrons. The standard InChI is InChI=1S/C8H12N2O4/c1-8(2)13-5-6(14-8)4-12-7(11)3-10-9/h3,6H,4-5H2,1-2H3/p+1/b7-3+. The van der Waals surface area contributed by atoms with Crippen LogP contribution in [0.15, 0.2) is 12.1 Å². The van der Waals surface area contributed by atoms with Crippen LogP contribution in [-0.4, -0.2) is 30.2 Å². The predicted octanol–water partition coefficient (Wildman–Crippen LogP) is 1.36. The van der Waals surface area contributed by atoms with Crippen molar-refractivity contribution in [3.8, 4) is 0 Å². The van der Waals surface area contributed by atoms with Gasteiger partial charge >= 0.3 is 12.1 Å². The van der Waals surface area contributed by atoms with Gasteiger partial charge in [-0.3, -0.25) is 0 Å². The number of ether oxygens (including phenoxy) is 3. The van der Waals surface area contributed by atoms with Gasteiger partial charge in [-0.15, -0.1) is 0 Å².